The third-order valence-electron chi connectivity index (χ3n) is 2.47. The van der Waals surface area contributed by atoms with Gasteiger partial charge in [-0.05, 0) is 48.2 Å². The summed E-state index contributed by atoms with van der Waals surface area (Å²) in [4.78, 5) is 1.34. The van der Waals surface area contributed by atoms with Crippen LogP contribution in [-0.2, 0) is 6.54 Å². The summed E-state index contributed by atoms with van der Waals surface area (Å²) in [5.74, 6) is 0. The Morgan fingerprint density at radius 1 is 1.33 bits per heavy atom. The topological polar surface area (TPSA) is 12.0 Å². The van der Waals surface area contributed by atoms with Gasteiger partial charge in [0.05, 0.1) is 4.21 Å². The summed E-state index contributed by atoms with van der Waals surface area (Å²) < 4.78 is 2.49. The minimum atomic E-state index is 0.932. The monoisotopic (exact) mass is 341 g/mol. The number of rotatable bonds is 6. The zero-order chi connectivity index (χ0) is 12.8. The molecule has 0 bridgehead atoms. The van der Waals surface area contributed by atoms with Crippen molar-refractivity contribution in [1.29, 1.82) is 0 Å². The van der Waals surface area contributed by atoms with Crippen molar-refractivity contribution >= 4 is 39.0 Å². The fourth-order valence-corrected chi connectivity index (χ4v) is 3.86. The van der Waals surface area contributed by atoms with Crippen molar-refractivity contribution < 1.29 is 0 Å². The molecule has 1 nitrogen and oxygen atoms in total. The molecule has 0 saturated carbocycles. The highest BCUT2D eigenvalue weighted by Crippen LogP contribution is 2.34. The van der Waals surface area contributed by atoms with Crippen LogP contribution in [0.15, 0.2) is 49.3 Å². The van der Waals surface area contributed by atoms with E-state index >= 15 is 0 Å². The van der Waals surface area contributed by atoms with Crippen LogP contribution in [0.4, 0.5) is 0 Å². The Bertz CT molecular complexity index is 483. The SMILES string of the molecule is CCCNCc1cc(Br)ccc1Sc1cccs1. The average molecular weight is 342 g/mol. The normalized spacial score (nSPS) is 10.8. The Kier molecular flexibility index (Phi) is 5.76. The van der Waals surface area contributed by atoms with Crippen LogP contribution in [0, 0.1) is 0 Å². The highest BCUT2D eigenvalue weighted by molar-refractivity contribution is 9.10. The first-order valence-electron chi connectivity index (χ1n) is 6.00. The fourth-order valence-electron chi connectivity index (χ4n) is 1.62. The van der Waals surface area contributed by atoms with E-state index in [0.717, 1.165) is 17.6 Å². The molecule has 0 aliphatic carbocycles. The summed E-state index contributed by atoms with van der Waals surface area (Å²) in [6, 6.07) is 10.8. The second-order valence-electron chi connectivity index (χ2n) is 3.96. The van der Waals surface area contributed by atoms with Gasteiger partial charge in [0.15, 0.2) is 0 Å². The van der Waals surface area contributed by atoms with E-state index in [9.17, 15) is 0 Å². The van der Waals surface area contributed by atoms with E-state index in [1.165, 1.54) is 21.1 Å². The molecule has 0 aliphatic rings. The maximum absolute atomic E-state index is 3.55. The molecular formula is C14H16BrNS2. The minimum absolute atomic E-state index is 0.932. The van der Waals surface area contributed by atoms with E-state index in [1.807, 2.05) is 11.8 Å². The van der Waals surface area contributed by atoms with Crippen molar-refractivity contribution in [3.05, 3.63) is 45.7 Å². The van der Waals surface area contributed by atoms with Crippen molar-refractivity contribution in [1.82, 2.24) is 5.32 Å². The van der Waals surface area contributed by atoms with Crippen LogP contribution < -0.4 is 5.32 Å². The Hall–Kier alpha value is -0.290. The van der Waals surface area contributed by atoms with E-state index in [4.69, 9.17) is 0 Å². The minimum Gasteiger partial charge on any atom is -0.313 e. The molecule has 0 amide bonds. The predicted molar refractivity (Wildman–Crippen MR) is 84.6 cm³/mol. The summed E-state index contributed by atoms with van der Waals surface area (Å²) in [6.45, 7) is 4.19. The molecule has 0 radical (unpaired) electrons. The third kappa shape index (κ3) is 4.12. The highest BCUT2D eigenvalue weighted by Gasteiger charge is 2.05. The average Bonchev–Trinajstić information content (AvgIpc) is 2.86. The molecule has 0 atom stereocenters. The second-order valence-corrected chi connectivity index (χ2v) is 7.17. The van der Waals surface area contributed by atoms with E-state index in [0.29, 0.717) is 0 Å². The van der Waals surface area contributed by atoms with Gasteiger partial charge in [0, 0.05) is 15.9 Å². The number of thiophene rings is 1. The molecule has 2 rings (SSSR count). The lowest BCUT2D eigenvalue weighted by Crippen LogP contribution is -2.14. The van der Waals surface area contributed by atoms with Gasteiger partial charge >= 0.3 is 0 Å². The first-order chi connectivity index (χ1) is 8.79. The lowest BCUT2D eigenvalue weighted by atomic mass is 10.2. The Morgan fingerprint density at radius 2 is 2.22 bits per heavy atom. The molecule has 0 unspecified atom stereocenters. The Morgan fingerprint density at radius 3 is 2.94 bits per heavy atom. The molecule has 1 aromatic heterocycles. The van der Waals surface area contributed by atoms with Crippen LogP contribution >= 0.6 is 39.0 Å². The van der Waals surface area contributed by atoms with E-state index in [2.05, 4.69) is 63.9 Å². The number of nitrogens with one attached hydrogen (secondary N) is 1. The van der Waals surface area contributed by atoms with E-state index in [1.54, 1.807) is 11.3 Å². The molecule has 18 heavy (non-hydrogen) atoms. The molecule has 0 fully saturated rings. The number of halogens is 1. The van der Waals surface area contributed by atoms with Crippen LogP contribution in [0.25, 0.3) is 0 Å². The molecule has 1 N–H and O–H groups in total. The summed E-state index contributed by atoms with van der Waals surface area (Å²) in [7, 11) is 0. The second kappa shape index (κ2) is 7.34. The van der Waals surface area contributed by atoms with Crippen molar-refractivity contribution in [3.8, 4) is 0 Å². The molecule has 4 heteroatoms. The maximum Gasteiger partial charge on any atom is 0.0646 e. The van der Waals surface area contributed by atoms with Crippen molar-refractivity contribution in [2.75, 3.05) is 6.54 Å². The molecule has 2 aromatic rings. The van der Waals surface area contributed by atoms with Gasteiger partial charge in [0.1, 0.15) is 0 Å². The van der Waals surface area contributed by atoms with Gasteiger partial charge < -0.3 is 5.32 Å². The first-order valence-corrected chi connectivity index (χ1v) is 8.49. The summed E-state index contributed by atoms with van der Waals surface area (Å²) in [5, 5.41) is 5.59. The Labute approximate surface area is 125 Å². The lowest BCUT2D eigenvalue weighted by Gasteiger charge is -2.10. The van der Waals surface area contributed by atoms with Gasteiger partial charge in [-0.3, -0.25) is 0 Å². The summed E-state index contributed by atoms with van der Waals surface area (Å²) in [5.41, 5.74) is 1.36. The zero-order valence-corrected chi connectivity index (χ0v) is 13.5. The molecule has 1 aromatic carbocycles. The molecule has 0 spiro atoms. The molecule has 0 aliphatic heterocycles. The van der Waals surface area contributed by atoms with Crippen molar-refractivity contribution in [2.24, 2.45) is 0 Å². The van der Waals surface area contributed by atoms with Crippen molar-refractivity contribution in [3.63, 3.8) is 0 Å². The number of hydrogen-bond donors (Lipinski definition) is 1. The number of hydrogen-bond acceptors (Lipinski definition) is 3. The molecule has 96 valence electrons. The van der Waals surface area contributed by atoms with Crippen LogP contribution in [-0.4, -0.2) is 6.54 Å². The number of benzene rings is 1. The van der Waals surface area contributed by atoms with Gasteiger partial charge in [0.2, 0.25) is 0 Å². The van der Waals surface area contributed by atoms with Crippen LogP contribution in [0.2, 0.25) is 0 Å². The van der Waals surface area contributed by atoms with Crippen LogP contribution in [0.5, 0.6) is 0 Å². The predicted octanol–water partition coefficient (Wildman–Crippen LogP) is 5.16. The fraction of sp³-hybridized carbons (Fsp3) is 0.286. The molecular weight excluding hydrogens is 326 g/mol. The zero-order valence-electron chi connectivity index (χ0n) is 10.3. The van der Waals surface area contributed by atoms with Gasteiger partial charge in [0.25, 0.3) is 0 Å². The van der Waals surface area contributed by atoms with Gasteiger partial charge in [-0.25, -0.2) is 0 Å². The largest absolute Gasteiger partial charge is 0.313 e. The quantitative estimate of drug-likeness (QED) is 0.728. The molecule has 0 saturated heterocycles. The van der Waals surface area contributed by atoms with E-state index in [-0.39, 0.29) is 0 Å². The standard InChI is InChI=1S/C14H16BrNS2/c1-2-7-16-10-11-9-12(15)5-6-13(11)18-14-4-3-8-17-14/h3-6,8-9,16H,2,7,10H2,1H3. The summed E-state index contributed by atoms with van der Waals surface area (Å²) >= 11 is 7.18. The first kappa shape index (κ1) is 14.1. The summed E-state index contributed by atoms with van der Waals surface area (Å²) in [6.07, 6.45) is 1.17. The van der Waals surface area contributed by atoms with Gasteiger partial charge in [-0.15, -0.1) is 11.3 Å². The smallest absolute Gasteiger partial charge is 0.0646 e. The third-order valence-corrected chi connectivity index (χ3v) is 5.12. The van der Waals surface area contributed by atoms with Crippen molar-refractivity contribution in [2.45, 2.75) is 29.0 Å². The van der Waals surface area contributed by atoms with E-state index < -0.39 is 0 Å². The van der Waals surface area contributed by atoms with Crippen LogP contribution in [0.3, 0.4) is 0 Å². The highest BCUT2D eigenvalue weighted by atomic mass is 79.9. The Balaban J connectivity index is 2.12. The molecule has 1 heterocycles. The maximum atomic E-state index is 3.55. The van der Waals surface area contributed by atoms with Gasteiger partial charge in [-0.1, -0.05) is 40.7 Å². The lowest BCUT2D eigenvalue weighted by molar-refractivity contribution is 0.669. The van der Waals surface area contributed by atoms with Gasteiger partial charge in [-0.2, -0.15) is 0 Å². The van der Waals surface area contributed by atoms with Crippen LogP contribution in [0.1, 0.15) is 18.9 Å².